The molecule has 0 spiro atoms. The number of thioether (sulfide) groups is 1. The first-order chi connectivity index (χ1) is 10.2. The van der Waals surface area contributed by atoms with Gasteiger partial charge in [0.1, 0.15) is 0 Å². The molecule has 21 heavy (non-hydrogen) atoms. The van der Waals surface area contributed by atoms with Crippen molar-refractivity contribution in [2.75, 3.05) is 18.1 Å². The molecule has 0 amide bonds. The molecule has 0 rings (SSSR count). The number of thiocarbonyl (C=S) groups is 1. The van der Waals surface area contributed by atoms with Crippen molar-refractivity contribution in [3.05, 3.63) is 0 Å². The molecular weight excluding hydrogens is 300 g/mol. The lowest BCUT2D eigenvalue weighted by atomic mass is 10.1. The molecule has 0 heterocycles. The fourth-order valence-electron chi connectivity index (χ4n) is 1.98. The predicted octanol–water partition coefficient (Wildman–Crippen LogP) is 3.61. The number of hydrogen-bond donors (Lipinski definition) is 4. The zero-order valence-electron chi connectivity index (χ0n) is 13.4. The minimum Gasteiger partial charge on any atom is -0.370 e. The van der Waals surface area contributed by atoms with Gasteiger partial charge >= 0.3 is 0 Å². The van der Waals surface area contributed by atoms with Crippen LogP contribution in [0.1, 0.15) is 64.7 Å². The Hall–Kier alpha value is -0.490. The van der Waals surface area contributed by atoms with Crippen LogP contribution in [0.25, 0.3) is 0 Å². The highest BCUT2D eigenvalue weighted by atomic mass is 32.2. The SMILES string of the molecule is CCCCCCCCCCSCCCNC(=S)NC(=N)N. The molecule has 0 bridgehead atoms. The van der Waals surface area contributed by atoms with E-state index < -0.39 is 0 Å². The van der Waals surface area contributed by atoms with Crippen LogP contribution < -0.4 is 16.4 Å². The van der Waals surface area contributed by atoms with E-state index in [9.17, 15) is 0 Å². The van der Waals surface area contributed by atoms with Gasteiger partial charge in [0.15, 0.2) is 11.1 Å². The second-order valence-electron chi connectivity index (χ2n) is 5.24. The molecule has 0 aliphatic carbocycles. The van der Waals surface area contributed by atoms with E-state index in [2.05, 4.69) is 17.6 Å². The van der Waals surface area contributed by atoms with Crippen LogP contribution in [0.3, 0.4) is 0 Å². The summed E-state index contributed by atoms with van der Waals surface area (Å²) in [6.07, 6.45) is 12.2. The van der Waals surface area contributed by atoms with Crippen LogP contribution in [0.2, 0.25) is 0 Å². The fourth-order valence-corrected chi connectivity index (χ4v) is 3.16. The van der Waals surface area contributed by atoms with E-state index in [1.807, 2.05) is 11.8 Å². The Morgan fingerprint density at radius 2 is 1.57 bits per heavy atom. The Morgan fingerprint density at radius 1 is 1.00 bits per heavy atom. The Morgan fingerprint density at radius 3 is 2.19 bits per heavy atom. The van der Waals surface area contributed by atoms with Crippen LogP contribution in [-0.4, -0.2) is 29.1 Å². The Balaban J connectivity index is 3.09. The highest BCUT2D eigenvalue weighted by Crippen LogP contribution is 2.11. The van der Waals surface area contributed by atoms with Gasteiger partial charge in [0.05, 0.1) is 0 Å². The molecule has 0 saturated carbocycles. The van der Waals surface area contributed by atoms with Crippen molar-refractivity contribution in [2.24, 2.45) is 5.73 Å². The molecule has 0 aromatic rings. The lowest BCUT2D eigenvalue weighted by molar-refractivity contribution is 0.586. The summed E-state index contributed by atoms with van der Waals surface area (Å²) in [5.41, 5.74) is 5.18. The van der Waals surface area contributed by atoms with Gasteiger partial charge in [0.25, 0.3) is 0 Å². The Bertz CT molecular complexity index is 272. The molecular formula is C15H32N4S2. The summed E-state index contributed by atoms with van der Waals surface area (Å²) in [6.45, 7) is 3.10. The summed E-state index contributed by atoms with van der Waals surface area (Å²) in [7, 11) is 0. The van der Waals surface area contributed by atoms with Gasteiger partial charge in [0, 0.05) is 6.54 Å². The summed E-state index contributed by atoms with van der Waals surface area (Å²) in [5.74, 6) is 2.31. The van der Waals surface area contributed by atoms with Crippen LogP contribution in [0.5, 0.6) is 0 Å². The maximum atomic E-state index is 7.03. The molecule has 124 valence electrons. The third-order valence-electron chi connectivity index (χ3n) is 3.14. The van der Waals surface area contributed by atoms with Crippen LogP contribution in [0, 0.1) is 5.41 Å². The lowest BCUT2D eigenvalue weighted by Crippen LogP contribution is -2.42. The molecule has 0 aliphatic heterocycles. The predicted molar refractivity (Wildman–Crippen MR) is 100 cm³/mol. The molecule has 0 fully saturated rings. The molecule has 0 saturated heterocycles. The van der Waals surface area contributed by atoms with E-state index in [1.165, 1.54) is 57.1 Å². The number of rotatable bonds is 13. The van der Waals surface area contributed by atoms with Crippen LogP contribution in [-0.2, 0) is 0 Å². The van der Waals surface area contributed by atoms with Crippen molar-refractivity contribution in [3.63, 3.8) is 0 Å². The summed E-state index contributed by atoms with van der Waals surface area (Å²) >= 11 is 6.99. The molecule has 0 unspecified atom stereocenters. The largest absolute Gasteiger partial charge is 0.370 e. The van der Waals surface area contributed by atoms with Gasteiger partial charge in [-0.05, 0) is 36.6 Å². The number of nitrogens with two attached hydrogens (primary N) is 1. The third-order valence-corrected chi connectivity index (χ3v) is 4.54. The monoisotopic (exact) mass is 332 g/mol. The first-order valence-electron chi connectivity index (χ1n) is 8.13. The first kappa shape index (κ1) is 20.5. The first-order valence-corrected chi connectivity index (χ1v) is 9.69. The quantitative estimate of drug-likeness (QED) is 0.179. The summed E-state index contributed by atoms with van der Waals surface area (Å²) in [6, 6.07) is 0. The number of unbranched alkanes of at least 4 members (excludes halogenated alkanes) is 7. The van der Waals surface area contributed by atoms with Crippen molar-refractivity contribution in [3.8, 4) is 0 Å². The Kier molecular flexibility index (Phi) is 15.5. The summed E-state index contributed by atoms with van der Waals surface area (Å²) in [5, 5.41) is 13.1. The minimum absolute atomic E-state index is 0.114. The standard InChI is InChI=1S/C15H32N4S2/c1-2-3-4-5-6-7-8-9-12-21-13-10-11-18-15(20)19-14(16)17/h2-13H2,1H3,(H5,16,17,18,19,20). The summed E-state index contributed by atoms with van der Waals surface area (Å²) < 4.78 is 0. The van der Waals surface area contributed by atoms with E-state index in [0.29, 0.717) is 5.11 Å². The topological polar surface area (TPSA) is 73.9 Å². The van der Waals surface area contributed by atoms with Gasteiger partial charge in [-0.3, -0.25) is 5.41 Å². The van der Waals surface area contributed by atoms with Gasteiger partial charge in [-0.2, -0.15) is 11.8 Å². The average molecular weight is 333 g/mol. The van der Waals surface area contributed by atoms with Crippen LogP contribution >= 0.6 is 24.0 Å². The minimum atomic E-state index is -0.114. The van der Waals surface area contributed by atoms with E-state index >= 15 is 0 Å². The smallest absolute Gasteiger partial charge is 0.192 e. The van der Waals surface area contributed by atoms with Crippen LogP contribution in [0.4, 0.5) is 0 Å². The zero-order chi connectivity index (χ0) is 15.8. The van der Waals surface area contributed by atoms with E-state index in [4.69, 9.17) is 23.4 Å². The van der Waals surface area contributed by atoms with E-state index in [-0.39, 0.29) is 5.96 Å². The van der Waals surface area contributed by atoms with Gasteiger partial charge in [-0.1, -0.05) is 51.9 Å². The zero-order valence-corrected chi connectivity index (χ0v) is 15.0. The van der Waals surface area contributed by atoms with Crippen molar-refractivity contribution in [1.29, 1.82) is 5.41 Å². The number of nitrogens with one attached hydrogen (secondary N) is 3. The van der Waals surface area contributed by atoms with Crippen molar-refractivity contribution < 1.29 is 0 Å². The average Bonchev–Trinajstić information content (AvgIpc) is 2.43. The molecule has 0 atom stereocenters. The van der Waals surface area contributed by atoms with Crippen molar-refractivity contribution in [2.45, 2.75) is 64.7 Å². The van der Waals surface area contributed by atoms with Crippen molar-refractivity contribution >= 4 is 35.1 Å². The maximum Gasteiger partial charge on any atom is 0.192 e. The molecule has 0 aliphatic rings. The number of guanidine groups is 1. The fraction of sp³-hybridized carbons (Fsp3) is 0.867. The second-order valence-corrected chi connectivity index (χ2v) is 6.87. The normalized spacial score (nSPS) is 10.3. The maximum absolute atomic E-state index is 7.03. The molecule has 5 N–H and O–H groups in total. The van der Waals surface area contributed by atoms with Gasteiger partial charge in [0.2, 0.25) is 0 Å². The van der Waals surface area contributed by atoms with Gasteiger partial charge in [-0.15, -0.1) is 0 Å². The molecule has 6 heteroatoms. The number of hydrogen-bond acceptors (Lipinski definition) is 3. The third kappa shape index (κ3) is 17.5. The van der Waals surface area contributed by atoms with E-state index in [1.54, 1.807) is 0 Å². The molecule has 4 nitrogen and oxygen atoms in total. The molecule has 0 aromatic heterocycles. The van der Waals surface area contributed by atoms with Crippen molar-refractivity contribution in [1.82, 2.24) is 10.6 Å². The Labute approximate surface area is 139 Å². The van der Waals surface area contributed by atoms with E-state index in [0.717, 1.165) is 18.7 Å². The second kappa shape index (κ2) is 15.9. The molecule has 0 radical (unpaired) electrons. The highest BCUT2D eigenvalue weighted by molar-refractivity contribution is 7.99. The lowest BCUT2D eigenvalue weighted by Gasteiger charge is -2.08. The summed E-state index contributed by atoms with van der Waals surface area (Å²) in [4.78, 5) is 0. The van der Waals surface area contributed by atoms with Gasteiger partial charge in [-0.25, -0.2) is 0 Å². The van der Waals surface area contributed by atoms with Gasteiger partial charge < -0.3 is 16.4 Å². The highest BCUT2D eigenvalue weighted by Gasteiger charge is 1.96. The molecule has 0 aromatic carbocycles. The van der Waals surface area contributed by atoms with Crippen LogP contribution in [0.15, 0.2) is 0 Å².